The van der Waals surface area contributed by atoms with Gasteiger partial charge in [0.15, 0.2) is 0 Å². The molecule has 0 bridgehead atoms. The van der Waals surface area contributed by atoms with Crippen molar-refractivity contribution in [1.82, 2.24) is 5.16 Å². The molecule has 0 unspecified atom stereocenters. The van der Waals surface area contributed by atoms with Gasteiger partial charge in [-0.1, -0.05) is 5.16 Å². The van der Waals surface area contributed by atoms with Crippen molar-refractivity contribution >= 4 is 0 Å². The van der Waals surface area contributed by atoms with Gasteiger partial charge in [0, 0.05) is 12.8 Å². The number of nitrogens with zero attached hydrogens (tertiary/aromatic N) is 1. The topological polar surface area (TPSA) is 30.5 Å². The van der Waals surface area contributed by atoms with Gasteiger partial charge < -0.3 is 9.42 Å². The maximum atomic E-state index is 5.14. The quantitative estimate of drug-likeness (QED) is 0.719. The van der Waals surface area contributed by atoms with Crippen molar-refractivity contribution in [2.24, 2.45) is 0 Å². The molecule has 0 saturated carbocycles. The Morgan fingerprint density at radius 1 is 1.31 bits per heavy atom. The molecule has 13 heavy (non-hydrogen) atoms. The maximum absolute atomic E-state index is 5.14. The Hall–Kier alpha value is -0.830. The number of hydrogen-bond acceptors (Lipinski definition) is 2. The first-order valence-corrected chi connectivity index (χ1v) is 5.02. The molecule has 1 aromatic rings. The fourth-order valence-corrected chi connectivity index (χ4v) is 2.06. The van der Waals surface area contributed by atoms with Crippen LogP contribution in [-0.4, -0.2) is 18.2 Å². The van der Waals surface area contributed by atoms with Crippen LogP contribution in [-0.2, 0) is 6.54 Å². The summed E-state index contributed by atoms with van der Waals surface area (Å²) in [6, 6.07) is 0. The third kappa shape index (κ3) is 1.75. The molecule has 1 aliphatic rings. The van der Waals surface area contributed by atoms with Crippen LogP contribution < -0.4 is 4.90 Å². The average molecular weight is 181 g/mol. The Morgan fingerprint density at radius 2 is 2.00 bits per heavy atom. The van der Waals surface area contributed by atoms with E-state index in [0.29, 0.717) is 0 Å². The predicted octanol–water partition coefficient (Wildman–Crippen LogP) is 0.470. The number of rotatable bonds is 2. The van der Waals surface area contributed by atoms with E-state index in [0.717, 1.165) is 18.0 Å². The molecular weight excluding hydrogens is 164 g/mol. The second-order valence-corrected chi connectivity index (χ2v) is 3.94. The van der Waals surface area contributed by atoms with Crippen molar-refractivity contribution < 1.29 is 9.42 Å². The van der Waals surface area contributed by atoms with Gasteiger partial charge in [0.05, 0.1) is 24.3 Å². The molecule has 0 aliphatic carbocycles. The molecule has 2 rings (SSSR count). The molecule has 72 valence electrons. The lowest BCUT2D eigenvalue weighted by Gasteiger charge is -2.10. The minimum atomic E-state index is 0.997. The molecule has 1 N–H and O–H groups in total. The summed E-state index contributed by atoms with van der Waals surface area (Å²) in [5.41, 5.74) is 2.38. The second kappa shape index (κ2) is 3.50. The molecule has 1 aliphatic heterocycles. The second-order valence-electron chi connectivity index (χ2n) is 3.94. The molecule has 1 saturated heterocycles. The number of nitrogens with one attached hydrogen (secondary N) is 1. The number of aryl methyl sites for hydroxylation is 2. The summed E-state index contributed by atoms with van der Waals surface area (Å²) < 4.78 is 5.14. The van der Waals surface area contributed by atoms with Crippen LogP contribution in [0, 0.1) is 13.8 Å². The SMILES string of the molecule is Cc1noc(C)c1C[NH+]1CCCC1. The Kier molecular flexibility index (Phi) is 2.36. The average Bonchev–Trinajstić information content (AvgIpc) is 2.70. The molecular formula is C10H17N2O+. The lowest BCUT2D eigenvalue weighted by atomic mass is 10.2. The fourth-order valence-electron chi connectivity index (χ4n) is 2.06. The van der Waals surface area contributed by atoms with E-state index in [1.807, 2.05) is 13.8 Å². The van der Waals surface area contributed by atoms with Crippen LogP contribution in [0.2, 0.25) is 0 Å². The lowest BCUT2D eigenvalue weighted by Crippen LogP contribution is -3.08. The van der Waals surface area contributed by atoms with Gasteiger partial charge in [-0.05, 0) is 13.8 Å². The Balaban J connectivity index is 2.07. The van der Waals surface area contributed by atoms with Crippen molar-refractivity contribution in [2.75, 3.05) is 13.1 Å². The molecule has 3 heteroatoms. The first-order valence-electron chi connectivity index (χ1n) is 5.02. The van der Waals surface area contributed by atoms with Crippen molar-refractivity contribution in [2.45, 2.75) is 33.2 Å². The van der Waals surface area contributed by atoms with Crippen molar-refractivity contribution in [3.63, 3.8) is 0 Å². The highest BCUT2D eigenvalue weighted by Crippen LogP contribution is 2.10. The molecule has 0 aromatic carbocycles. The molecule has 0 radical (unpaired) electrons. The highest BCUT2D eigenvalue weighted by atomic mass is 16.5. The first kappa shape index (κ1) is 8.75. The minimum Gasteiger partial charge on any atom is -0.361 e. The monoisotopic (exact) mass is 181 g/mol. The van der Waals surface area contributed by atoms with Crippen LogP contribution in [0.1, 0.15) is 29.9 Å². The smallest absolute Gasteiger partial charge is 0.142 e. The van der Waals surface area contributed by atoms with Gasteiger partial charge in [-0.3, -0.25) is 0 Å². The Morgan fingerprint density at radius 3 is 2.54 bits per heavy atom. The molecule has 2 heterocycles. The molecule has 3 nitrogen and oxygen atoms in total. The van der Waals surface area contributed by atoms with E-state index in [4.69, 9.17) is 4.52 Å². The number of quaternary nitrogens is 1. The maximum Gasteiger partial charge on any atom is 0.142 e. The third-order valence-corrected chi connectivity index (χ3v) is 2.92. The Bertz CT molecular complexity index is 268. The van der Waals surface area contributed by atoms with Crippen LogP contribution in [0.25, 0.3) is 0 Å². The van der Waals surface area contributed by atoms with Gasteiger partial charge in [0.2, 0.25) is 0 Å². The summed E-state index contributed by atoms with van der Waals surface area (Å²) in [5.74, 6) is 0.997. The number of likely N-dealkylation sites (tertiary alicyclic amines) is 1. The zero-order valence-corrected chi connectivity index (χ0v) is 8.39. The summed E-state index contributed by atoms with van der Waals surface area (Å²) >= 11 is 0. The van der Waals surface area contributed by atoms with Crippen molar-refractivity contribution in [3.05, 3.63) is 17.0 Å². The van der Waals surface area contributed by atoms with Crippen LogP contribution in [0.5, 0.6) is 0 Å². The van der Waals surface area contributed by atoms with E-state index in [-0.39, 0.29) is 0 Å². The van der Waals surface area contributed by atoms with E-state index in [1.165, 1.54) is 31.5 Å². The molecule has 1 aromatic heterocycles. The summed E-state index contributed by atoms with van der Waals surface area (Å²) in [4.78, 5) is 1.68. The third-order valence-electron chi connectivity index (χ3n) is 2.92. The molecule has 0 spiro atoms. The van der Waals surface area contributed by atoms with E-state index in [1.54, 1.807) is 4.90 Å². The fraction of sp³-hybridized carbons (Fsp3) is 0.700. The molecule has 0 atom stereocenters. The van der Waals surface area contributed by atoms with E-state index in [9.17, 15) is 0 Å². The van der Waals surface area contributed by atoms with Gasteiger partial charge in [0.25, 0.3) is 0 Å². The van der Waals surface area contributed by atoms with Gasteiger partial charge in [-0.25, -0.2) is 0 Å². The van der Waals surface area contributed by atoms with Crippen LogP contribution in [0.4, 0.5) is 0 Å². The van der Waals surface area contributed by atoms with Crippen molar-refractivity contribution in [3.8, 4) is 0 Å². The highest BCUT2D eigenvalue weighted by molar-refractivity contribution is 5.19. The summed E-state index contributed by atoms with van der Waals surface area (Å²) in [6.45, 7) is 7.75. The summed E-state index contributed by atoms with van der Waals surface area (Å²) in [6.07, 6.45) is 2.75. The van der Waals surface area contributed by atoms with Crippen LogP contribution >= 0.6 is 0 Å². The molecule has 0 amide bonds. The van der Waals surface area contributed by atoms with Crippen LogP contribution in [0.3, 0.4) is 0 Å². The zero-order chi connectivity index (χ0) is 9.26. The predicted molar refractivity (Wildman–Crippen MR) is 49.6 cm³/mol. The number of aromatic nitrogens is 1. The van der Waals surface area contributed by atoms with Crippen LogP contribution in [0.15, 0.2) is 4.52 Å². The minimum absolute atomic E-state index is 0.997. The van der Waals surface area contributed by atoms with E-state index >= 15 is 0 Å². The Labute approximate surface area is 78.7 Å². The van der Waals surface area contributed by atoms with Crippen molar-refractivity contribution in [1.29, 1.82) is 0 Å². The standard InChI is InChI=1S/C10H16N2O/c1-8-10(9(2)13-11-8)7-12-5-3-4-6-12/h3-7H2,1-2H3/p+1. The van der Waals surface area contributed by atoms with E-state index < -0.39 is 0 Å². The highest BCUT2D eigenvalue weighted by Gasteiger charge is 2.19. The largest absolute Gasteiger partial charge is 0.361 e. The van der Waals surface area contributed by atoms with Gasteiger partial charge >= 0.3 is 0 Å². The van der Waals surface area contributed by atoms with Gasteiger partial charge in [-0.2, -0.15) is 0 Å². The normalized spacial score (nSPS) is 18.3. The summed E-state index contributed by atoms with van der Waals surface area (Å²) in [5, 5.41) is 3.97. The van der Waals surface area contributed by atoms with Gasteiger partial charge in [0.1, 0.15) is 12.3 Å². The van der Waals surface area contributed by atoms with E-state index in [2.05, 4.69) is 5.16 Å². The first-order chi connectivity index (χ1) is 6.27. The van der Waals surface area contributed by atoms with Gasteiger partial charge in [-0.15, -0.1) is 0 Å². The summed E-state index contributed by atoms with van der Waals surface area (Å²) in [7, 11) is 0. The zero-order valence-electron chi connectivity index (χ0n) is 8.39. The lowest BCUT2D eigenvalue weighted by molar-refractivity contribution is -0.901. The molecule has 1 fully saturated rings. The number of hydrogen-bond donors (Lipinski definition) is 1.